The fourth-order valence-electron chi connectivity index (χ4n) is 1.61. The van der Waals surface area contributed by atoms with E-state index in [1.165, 1.54) is 11.1 Å². The number of nitrogens with one attached hydrogen (secondary N) is 1. The van der Waals surface area contributed by atoms with E-state index in [-0.39, 0.29) is 0 Å². The predicted octanol–water partition coefficient (Wildman–Crippen LogP) is 4.02. The SMILES string of the molecule is CCc1ccc(CNc2cncc(Br)c2)cc1. The van der Waals surface area contributed by atoms with E-state index in [1.807, 2.05) is 12.3 Å². The van der Waals surface area contributed by atoms with Gasteiger partial charge in [-0.1, -0.05) is 31.2 Å². The van der Waals surface area contributed by atoms with Gasteiger partial charge in [0.1, 0.15) is 0 Å². The van der Waals surface area contributed by atoms with E-state index in [0.29, 0.717) is 0 Å². The third-order valence-electron chi connectivity index (χ3n) is 2.63. The van der Waals surface area contributed by atoms with Gasteiger partial charge in [0.25, 0.3) is 0 Å². The molecule has 0 radical (unpaired) electrons. The molecule has 0 unspecified atom stereocenters. The van der Waals surface area contributed by atoms with Crippen molar-refractivity contribution in [3.8, 4) is 0 Å². The lowest BCUT2D eigenvalue weighted by Crippen LogP contribution is -1.99. The summed E-state index contributed by atoms with van der Waals surface area (Å²) in [5.41, 5.74) is 3.68. The molecule has 1 N–H and O–H groups in total. The minimum absolute atomic E-state index is 0.822. The number of halogens is 1. The fourth-order valence-corrected chi connectivity index (χ4v) is 1.97. The molecule has 17 heavy (non-hydrogen) atoms. The average Bonchev–Trinajstić information content (AvgIpc) is 2.37. The predicted molar refractivity (Wildman–Crippen MR) is 75.1 cm³/mol. The van der Waals surface area contributed by atoms with Gasteiger partial charge in [0.15, 0.2) is 0 Å². The number of rotatable bonds is 4. The minimum Gasteiger partial charge on any atom is -0.380 e. The second-order valence-electron chi connectivity index (χ2n) is 3.92. The van der Waals surface area contributed by atoms with Gasteiger partial charge in [0, 0.05) is 17.2 Å². The van der Waals surface area contributed by atoms with Crippen molar-refractivity contribution in [2.24, 2.45) is 0 Å². The molecule has 3 heteroatoms. The molecule has 1 aromatic heterocycles. The minimum atomic E-state index is 0.822. The Kier molecular flexibility index (Phi) is 4.15. The fraction of sp³-hybridized carbons (Fsp3) is 0.214. The number of anilines is 1. The summed E-state index contributed by atoms with van der Waals surface area (Å²) < 4.78 is 0.990. The maximum atomic E-state index is 4.11. The highest BCUT2D eigenvalue weighted by Crippen LogP contribution is 2.14. The lowest BCUT2D eigenvalue weighted by atomic mass is 10.1. The van der Waals surface area contributed by atoms with Crippen LogP contribution in [-0.4, -0.2) is 4.98 Å². The van der Waals surface area contributed by atoms with Crippen LogP contribution in [0.3, 0.4) is 0 Å². The van der Waals surface area contributed by atoms with Gasteiger partial charge in [-0.15, -0.1) is 0 Å². The van der Waals surface area contributed by atoms with Gasteiger partial charge in [0.2, 0.25) is 0 Å². The summed E-state index contributed by atoms with van der Waals surface area (Å²) in [6, 6.07) is 10.7. The van der Waals surface area contributed by atoms with Crippen molar-refractivity contribution in [3.63, 3.8) is 0 Å². The zero-order valence-electron chi connectivity index (χ0n) is 9.78. The average molecular weight is 291 g/mol. The number of nitrogens with zero attached hydrogens (tertiary/aromatic N) is 1. The molecule has 0 saturated carbocycles. The van der Waals surface area contributed by atoms with Crippen LogP contribution in [0.25, 0.3) is 0 Å². The first-order valence-corrected chi connectivity index (χ1v) is 6.49. The molecule has 1 heterocycles. The second-order valence-corrected chi connectivity index (χ2v) is 4.83. The molecule has 2 rings (SSSR count). The van der Waals surface area contributed by atoms with Crippen LogP contribution in [0.1, 0.15) is 18.1 Å². The number of pyridine rings is 1. The Morgan fingerprint density at radius 2 is 1.82 bits per heavy atom. The molecule has 1 aromatic carbocycles. The molecule has 88 valence electrons. The molecule has 0 bridgehead atoms. The zero-order chi connectivity index (χ0) is 12.1. The highest BCUT2D eigenvalue weighted by molar-refractivity contribution is 9.10. The molecule has 0 aliphatic heterocycles. The summed E-state index contributed by atoms with van der Waals surface area (Å²) in [5.74, 6) is 0. The van der Waals surface area contributed by atoms with Crippen LogP contribution < -0.4 is 5.32 Å². The standard InChI is InChI=1S/C14H15BrN2/c1-2-11-3-5-12(6-4-11)8-17-14-7-13(15)9-16-10-14/h3-7,9-10,17H,2,8H2,1H3. The molecular weight excluding hydrogens is 276 g/mol. The summed E-state index contributed by atoms with van der Waals surface area (Å²) in [4.78, 5) is 4.11. The van der Waals surface area contributed by atoms with Crippen LogP contribution in [0.15, 0.2) is 47.2 Å². The third-order valence-corrected chi connectivity index (χ3v) is 3.07. The van der Waals surface area contributed by atoms with E-state index in [9.17, 15) is 0 Å². The van der Waals surface area contributed by atoms with E-state index < -0.39 is 0 Å². The van der Waals surface area contributed by atoms with Crippen LogP contribution in [-0.2, 0) is 13.0 Å². The summed E-state index contributed by atoms with van der Waals surface area (Å²) in [5, 5.41) is 3.35. The molecule has 0 amide bonds. The van der Waals surface area contributed by atoms with Gasteiger partial charge in [-0.2, -0.15) is 0 Å². The van der Waals surface area contributed by atoms with Gasteiger partial charge in [-0.25, -0.2) is 0 Å². The van der Waals surface area contributed by atoms with Gasteiger partial charge in [-0.3, -0.25) is 4.98 Å². The molecule has 0 aliphatic rings. The van der Waals surface area contributed by atoms with Crippen molar-refractivity contribution in [1.29, 1.82) is 0 Å². The van der Waals surface area contributed by atoms with E-state index in [1.54, 1.807) is 6.20 Å². The molecule has 0 spiro atoms. The first-order chi connectivity index (χ1) is 8.28. The smallest absolute Gasteiger partial charge is 0.0540 e. The monoisotopic (exact) mass is 290 g/mol. The maximum absolute atomic E-state index is 4.11. The Bertz CT molecular complexity index is 480. The van der Waals surface area contributed by atoms with Crippen molar-refractivity contribution in [2.45, 2.75) is 19.9 Å². The molecule has 0 fully saturated rings. The number of aryl methyl sites for hydroxylation is 1. The molecule has 2 aromatic rings. The van der Waals surface area contributed by atoms with Crippen LogP contribution >= 0.6 is 15.9 Å². The van der Waals surface area contributed by atoms with Crippen molar-refractivity contribution in [3.05, 3.63) is 58.3 Å². The Labute approximate surface area is 110 Å². The van der Waals surface area contributed by atoms with Crippen molar-refractivity contribution >= 4 is 21.6 Å². The van der Waals surface area contributed by atoms with Crippen LogP contribution in [0.2, 0.25) is 0 Å². The van der Waals surface area contributed by atoms with Crippen LogP contribution in [0, 0.1) is 0 Å². The Morgan fingerprint density at radius 1 is 1.12 bits per heavy atom. The molecule has 0 saturated heterocycles. The Morgan fingerprint density at radius 3 is 2.47 bits per heavy atom. The normalized spacial score (nSPS) is 10.2. The Hall–Kier alpha value is -1.35. The van der Waals surface area contributed by atoms with E-state index in [0.717, 1.165) is 23.1 Å². The lowest BCUT2D eigenvalue weighted by molar-refractivity contribution is 1.10. The van der Waals surface area contributed by atoms with Crippen molar-refractivity contribution in [2.75, 3.05) is 5.32 Å². The Balaban J connectivity index is 1.97. The van der Waals surface area contributed by atoms with Gasteiger partial charge >= 0.3 is 0 Å². The lowest BCUT2D eigenvalue weighted by Gasteiger charge is -2.07. The number of aromatic nitrogens is 1. The topological polar surface area (TPSA) is 24.9 Å². The quantitative estimate of drug-likeness (QED) is 0.920. The first-order valence-electron chi connectivity index (χ1n) is 5.70. The van der Waals surface area contributed by atoms with Gasteiger partial charge < -0.3 is 5.32 Å². The van der Waals surface area contributed by atoms with Gasteiger partial charge in [-0.05, 0) is 39.5 Å². The number of hydrogen-bond acceptors (Lipinski definition) is 2. The largest absolute Gasteiger partial charge is 0.380 e. The summed E-state index contributed by atoms with van der Waals surface area (Å²) in [6.45, 7) is 2.99. The summed E-state index contributed by atoms with van der Waals surface area (Å²) in [7, 11) is 0. The van der Waals surface area contributed by atoms with E-state index in [2.05, 4.69) is 57.4 Å². The zero-order valence-corrected chi connectivity index (χ0v) is 11.4. The van der Waals surface area contributed by atoms with Crippen molar-refractivity contribution in [1.82, 2.24) is 4.98 Å². The molecule has 2 nitrogen and oxygen atoms in total. The third kappa shape index (κ3) is 3.56. The van der Waals surface area contributed by atoms with Crippen LogP contribution in [0.5, 0.6) is 0 Å². The van der Waals surface area contributed by atoms with Gasteiger partial charge in [0.05, 0.1) is 11.9 Å². The first kappa shape index (κ1) is 12.1. The number of hydrogen-bond donors (Lipinski definition) is 1. The highest BCUT2D eigenvalue weighted by atomic mass is 79.9. The van der Waals surface area contributed by atoms with Crippen LogP contribution in [0.4, 0.5) is 5.69 Å². The molecule has 0 aliphatic carbocycles. The second kappa shape index (κ2) is 5.82. The van der Waals surface area contributed by atoms with E-state index >= 15 is 0 Å². The van der Waals surface area contributed by atoms with E-state index in [4.69, 9.17) is 0 Å². The maximum Gasteiger partial charge on any atom is 0.0540 e. The highest BCUT2D eigenvalue weighted by Gasteiger charge is 1.96. The number of benzene rings is 1. The molecule has 0 atom stereocenters. The summed E-state index contributed by atoms with van der Waals surface area (Å²) >= 11 is 3.40. The molecular formula is C14H15BrN2. The van der Waals surface area contributed by atoms with Crippen molar-refractivity contribution < 1.29 is 0 Å². The summed E-state index contributed by atoms with van der Waals surface area (Å²) in [6.07, 6.45) is 4.69.